The van der Waals surface area contributed by atoms with Gasteiger partial charge in [-0.2, -0.15) is 0 Å². The van der Waals surface area contributed by atoms with Crippen LogP contribution in [0.4, 0.5) is 0 Å². The van der Waals surface area contributed by atoms with E-state index in [9.17, 15) is 0 Å². The summed E-state index contributed by atoms with van der Waals surface area (Å²) in [5.74, 6) is 0. The van der Waals surface area contributed by atoms with Crippen molar-refractivity contribution < 1.29 is 0 Å². The van der Waals surface area contributed by atoms with Gasteiger partial charge in [-0.25, -0.2) is 0 Å². The summed E-state index contributed by atoms with van der Waals surface area (Å²) in [5, 5.41) is 1.72. The lowest BCUT2D eigenvalue weighted by atomic mass is 10.1. The lowest BCUT2D eigenvalue weighted by Gasteiger charge is -1.99. The smallest absolute Gasteiger partial charge is 0.0340 e. The molecule has 0 aromatic heterocycles. The number of hydrogen-bond acceptors (Lipinski definition) is 0. The third kappa shape index (κ3) is 1.84. The molecule has 0 bridgehead atoms. The molecule has 1 aliphatic carbocycles. The SMILES string of the molecule is CCCCC1=C([SiH3])CC=C1. The Kier molecular flexibility index (Phi) is 2.94. The van der Waals surface area contributed by atoms with Gasteiger partial charge in [0.1, 0.15) is 0 Å². The topological polar surface area (TPSA) is 0 Å². The minimum absolute atomic E-state index is 1.26. The molecule has 0 N–H and O–H groups in total. The van der Waals surface area contributed by atoms with Crippen LogP contribution in [0.5, 0.6) is 0 Å². The highest BCUT2D eigenvalue weighted by Crippen LogP contribution is 2.20. The van der Waals surface area contributed by atoms with Crippen molar-refractivity contribution in [3.63, 3.8) is 0 Å². The summed E-state index contributed by atoms with van der Waals surface area (Å²) >= 11 is 0. The lowest BCUT2D eigenvalue weighted by Crippen LogP contribution is -1.83. The second kappa shape index (κ2) is 3.77. The molecule has 0 aliphatic heterocycles. The third-order valence-electron chi connectivity index (χ3n) is 2.09. The molecule has 0 nitrogen and oxygen atoms in total. The first-order valence-electron chi connectivity index (χ1n) is 4.19. The molecular weight excluding hydrogens is 136 g/mol. The quantitative estimate of drug-likeness (QED) is 0.541. The average Bonchev–Trinajstić information content (AvgIpc) is 2.31. The molecule has 0 saturated heterocycles. The van der Waals surface area contributed by atoms with E-state index in [1.807, 2.05) is 0 Å². The van der Waals surface area contributed by atoms with Gasteiger partial charge in [-0.05, 0) is 19.3 Å². The van der Waals surface area contributed by atoms with Crippen LogP contribution in [0.15, 0.2) is 22.9 Å². The van der Waals surface area contributed by atoms with Gasteiger partial charge in [-0.1, -0.05) is 36.3 Å². The second-order valence-corrected chi connectivity index (χ2v) is 4.22. The molecular formula is C9H16Si. The Balaban J connectivity index is 2.38. The van der Waals surface area contributed by atoms with Crippen LogP contribution < -0.4 is 0 Å². The summed E-state index contributed by atoms with van der Waals surface area (Å²) < 4.78 is 0. The van der Waals surface area contributed by atoms with Gasteiger partial charge >= 0.3 is 0 Å². The van der Waals surface area contributed by atoms with Crippen molar-refractivity contribution >= 4 is 10.2 Å². The van der Waals surface area contributed by atoms with E-state index in [1.165, 1.54) is 35.9 Å². The summed E-state index contributed by atoms with van der Waals surface area (Å²) in [7, 11) is 1.27. The summed E-state index contributed by atoms with van der Waals surface area (Å²) in [4.78, 5) is 0. The molecule has 0 heterocycles. The van der Waals surface area contributed by atoms with Gasteiger partial charge < -0.3 is 0 Å². The Morgan fingerprint density at radius 1 is 1.60 bits per heavy atom. The predicted octanol–water partition coefficient (Wildman–Crippen LogP) is 1.76. The average molecular weight is 152 g/mol. The summed E-state index contributed by atoms with van der Waals surface area (Å²) in [6, 6.07) is 0. The standard InChI is InChI=1S/C9H16Si/c1-2-3-5-8-6-4-7-9(8)10/h4,6H,2-3,5,7H2,1,10H3. The summed E-state index contributed by atoms with van der Waals surface area (Å²) in [6.45, 7) is 2.26. The zero-order chi connectivity index (χ0) is 7.40. The fraction of sp³-hybridized carbons (Fsp3) is 0.556. The fourth-order valence-electron chi connectivity index (χ4n) is 1.32. The van der Waals surface area contributed by atoms with E-state index >= 15 is 0 Å². The maximum Gasteiger partial charge on any atom is 0.0340 e. The van der Waals surface area contributed by atoms with E-state index in [-0.39, 0.29) is 0 Å². The van der Waals surface area contributed by atoms with Gasteiger partial charge in [0, 0.05) is 10.2 Å². The summed E-state index contributed by atoms with van der Waals surface area (Å²) in [6.07, 6.45) is 9.89. The van der Waals surface area contributed by atoms with Crippen LogP contribution in [0.3, 0.4) is 0 Å². The first kappa shape index (κ1) is 7.80. The van der Waals surface area contributed by atoms with Crippen LogP contribution in [0, 0.1) is 0 Å². The predicted molar refractivity (Wildman–Crippen MR) is 50.2 cm³/mol. The van der Waals surface area contributed by atoms with Crippen molar-refractivity contribution in [3.8, 4) is 0 Å². The van der Waals surface area contributed by atoms with E-state index < -0.39 is 0 Å². The zero-order valence-electron chi connectivity index (χ0n) is 6.98. The van der Waals surface area contributed by atoms with Crippen molar-refractivity contribution in [2.75, 3.05) is 0 Å². The number of unbranched alkanes of at least 4 members (excludes halogenated alkanes) is 1. The molecule has 0 spiro atoms. The minimum atomic E-state index is 1.26. The van der Waals surface area contributed by atoms with Crippen LogP contribution in [-0.2, 0) is 0 Å². The molecule has 10 heavy (non-hydrogen) atoms. The largest absolute Gasteiger partial charge is 0.0850 e. The first-order valence-corrected chi connectivity index (χ1v) is 5.19. The molecule has 0 fully saturated rings. The van der Waals surface area contributed by atoms with Crippen LogP contribution in [0.25, 0.3) is 0 Å². The Labute approximate surface area is 66.4 Å². The van der Waals surface area contributed by atoms with Crippen molar-refractivity contribution in [1.82, 2.24) is 0 Å². The second-order valence-electron chi connectivity index (χ2n) is 3.02. The monoisotopic (exact) mass is 152 g/mol. The Bertz CT molecular complexity index is 166. The molecule has 56 valence electrons. The molecule has 0 amide bonds. The van der Waals surface area contributed by atoms with Gasteiger partial charge in [-0.3, -0.25) is 0 Å². The van der Waals surface area contributed by atoms with Gasteiger partial charge in [-0.15, -0.1) is 0 Å². The normalized spacial score (nSPS) is 17.3. The van der Waals surface area contributed by atoms with E-state index in [1.54, 1.807) is 10.8 Å². The fourth-order valence-corrected chi connectivity index (χ4v) is 1.97. The molecule has 0 atom stereocenters. The maximum absolute atomic E-state index is 2.32. The third-order valence-corrected chi connectivity index (χ3v) is 3.14. The number of hydrogen-bond donors (Lipinski definition) is 0. The van der Waals surface area contributed by atoms with E-state index in [2.05, 4.69) is 19.1 Å². The Hall–Kier alpha value is -0.303. The molecule has 0 radical (unpaired) electrons. The number of allylic oxidation sites excluding steroid dienone is 4. The number of rotatable bonds is 3. The van der Waals surface area contributed by atoms with Crippen molar-refractivity contribution in [1.29, 1.82) is 0 Å². The van der Waals surface area contributed by atoms with Crippen molar-refractivity contribution in [3.05, 3.63) is 22.9 Å². The molecule has 1 aliphatic rings. The first-order chi connectivity index (χ1) is 4.84. The molecule has 1 rings (SSSR count). The Morgan fingerprint density at radius 3 is 2.90 bits per heavy atom. The van der Waals surface area contributed by atoms with E-state index in [4.69, 9.17) is 0 Å². The highest BCUT2D eigenvalue weighted by atomic mass is 28.1. The molecule has 0 saturated carbocycles. The minimum Gasteiger partial charge on any atom is -0.0850 e. The van der Waals surface area contributed by atoms with Gasteiger partial charge in [0.05, 0.1) is 0 Å². The van der Waals surface area contributed by atoms with Crippen LogP contribution in [-0.4, -0.2) is 10.2 Å². The van der Waals surface area contributed by atoms with Crippen molar-refractivity contribution in [2.24, 2.45) is 0 Å². The Morgan fingerprint density at radius 2 is 2.40 bits per heavy atom. The van der Waals surface area contributed by atoms with Crippen LogP contribution in [0.1, 0.15) is 32.6 Å². The molecule has 0 aromatic rings. The highest BCUT2D eigenvalue weighted by molar-refractivity contribution is 6.22. The molecule has 1 heteroatoms. The maximum atomic E-state index is 2.32. The molecule has 0 unspecified atom stereocenters. The summed E-state index contributed by atoms with van der Waals surface area (Å²) in [5.41, 5.74) is 1.65. The highest BCUT2D eigenvalue weighted by Gasteiger charge is 2.02. The molecule has 0 aromatic carbocycles. The van der Waals surface area contributed by atoms with Crippen LogP contribution in [0.2, 0.25) is 0 Å². The van der Waals surface area contributed by atoms with Crippen molar-refractivity contribution in [2.45, 2.75) is 32.6 Å². The van der Waals surface area contributed by atoms with E-state index in [0.717, 1.165) is 0 Å². The lowest BCUT2D eigenvalue weighted by molar-refractivity contribution is 0.797. The van der Waals surface area contributed by atoms with Gasteiger partial charge in [0.15, 0.2) is 0 Å². The van der Waals surface area contributed by atoms with Crippen LogP contribution >= 0.6 is 0 Å². The van der Waals surface area contributed by atoms with Gasteiger partial charge in [0.2, 0.25) is 0 Å². The van der Waals surface area contributed by atoms with E-state index in [0.29, 0.717) is 0 Å². The zero-order valence-corrected chi connectivity index (χ0v) is 8.98. The van der Waals surface area contributed by atoms with Gasteiger partial charge in [0.25, 0.3) is 0 Å².